The lowest BCUT2D eigenvalue weighted by Gasteiger charge is -2.28. The van der Waals surface area contributed by atoms with Crippen molar-refractivity contribution in [3.8, 4) is 0 Å². The van der Waals surface area contributed by atoms with Crippen molar-refractivity contribution in [3.05, 3.63) is 40.4 Å². The predicted octanol–water partition coefficient (Wildman–Crippen LogP) is 1.77. The minimum Gasteiger partial charge on any atom is -0.353 e. The van der Waals surface area contributed by atoms with Gasteiger partial charge in [0.25, 0.3) is 5.56 Å². The molecule has 0 spiro atoms. The molecule has 1 aromatic carbocycles. The number of benzene rings is 1. The average Bonchev–Trinajstić information content (AvgIpc) is 2.55. The molecule has 136 valence electrons. The number of aromatic nitrogens is 2. The lowest BCUT2D eigenvalue weighted by molar-refractivity contribution is -0.122. The molecule has 25 heavy (non-hydrogen) atoms. The summed E-state index contributed by atoms with van der Waals surface area (Å²) in [5.41, 5.74) is 1.62. The zero-order chi connectivity index (χ0) is 17.1. The molecule has 7 heteroatoms. The molecule has 2 unspecified atom stereocenters. The van der Waals surface area contributed by atoms with Crippen molar-refractivity contribution >= 4 is 29.2 Å². The van der Waals surface area contributed by atoms with Crippen LogP contribution in [0.3, 0.4) is 0 Å². The number of piperidine rings is 1. The van der Waals surface area contributed by atoms with E-state index in [1.807, 2.05) is 19.1 Å². The molecule has 0 aliphatic carbocycles. The number of rotatable bonds is 4. The number of hydrogen-bond donors (Lipinski definition) is 2. The van der Waals surface area contributed by atoms with Gasteiger partial charge in [-0.3, -0.25) is 14.2 Å². The summed E-state index contributed by atoms with van der Waals surface area (Å²) in [7, 11) is 0. The Kier molecular flexibility index (Phi) is 6.56. The van der Waals surface area contributed by atoms with Crippen LogP contribution in [0.25, 0.3) is 10.9 Å². The first-order valence-corrected chi connectivity index (χ1v) is 8.52. The lowest BCUT2D eigenvalue weighted by Crippen LogP contribution is -2.46. The van der Waals surface area contributed by atoms with Gasteiger partial charge >= 0.3 is 0 Å². The van der Waals surface area contributed by atoms with E-state index in [0.717, 1.165) is 30.5 Å². The van der Waals surface area contributed by atoms with Crippen molar-refractivity contribution in [1.82, 2.24) is 20.2 Å². The Hall–Kier alpha value is -1.92. The molecule has 1 aliphatic heterocycles. The number of para-hydroxylation sites is 1. The van der Waals surface area contributed by atoms with Crippen LogP contribution in [0.2, 0.25) is 0 Å². The molecular formula is C18H25ClN4O2. The molecule has 1 amide bonds. The van der Waals surface area contributed by atoms with Gasteiger partial charge in [-0.2, -0.15) is 0 Å². The molecule has 1 aliphatic rings. The van der Waals surface area contributed by atoms with Gasteiger partial charge in [0, 0.05) is 25.0 Å². The van der Waals surface area contributed by atoms with Crippen molar-refractivity contribution in [2.75, 3.05) is 6.54 Å². The minimum absolute atomic E-state index is 0. The first-order chi connectivity index (χ1) is 11.5. The van der Waals surface area contributed by atoms with Crippen LogP contribution in [0.5, 0.6) is 0 Å². The highest BCUT2D eigenvalue weighted by Crippen LogP contribution is 2.11. The van der Waals surface area contributed by atoms with Crippen LogP contribution < -0.4 is 16.2 Å². The highest BCUT2D eigenvalue weighted by atomic mass is 35.5. The topological polar surface area (TPSA) is 76.0 Å². The van der Waals surface area contributed by atoms with Crippen LogP contribution in [0, 0.1) is 6.92 Å². The summed E-state index contributed by atoms with van der Waals surface area (Å²) in [6.07, 6.45) is 3.73. The molecule has 2 aromatic rings. The van der Waals surface area contributed by atoms with Crippen LogP contribution >= 0.6 is 12.4 Å². The number of fused-ring (bicyclic) bond motifs is 1. The van der Waals surface area contributed by atoms with Crippen LogP contribution in [-0.2, 0) is 11.3 Å². The maximum absolute atomic E-state index is 12.5. The van der Waals surface area contributed by atoms with E-state index >= 15 is 0 Å². The Labute approximate surface area is 153 Å². The third kappa shape index (κ3) is 4.58. The second-order valence-electron chi connectivity index (χ2n) is 6.61. The summed E-state index contributed by atoms with van der Waals surface area (Å²) in [4.78, 5) is 29.0. The van der Waals surface area contributed by atoms with E-state index in [1.54, 1.807) is 6.07 Å². The van der Waals surface area contributed by atoms with Crippen LogP contribution in [0.4, 0.5) is 0 Å². The fourth-order valence-electron chi connectivity index (χ4n) is 3.28. The molecular weight excluding hydrogens is 340 g/mol. The maximum Gasteiger partial charge on any atom is 0.261 e. The number of hydrogen-bond acceptors (Lipinski definition) is 4. The Morgan fingerprint density at radius 1 is 1.44 bits per heavy atom. The first kappa shape index (κ1) is 19.4. The Morgan fingerprint density at radius 2 is 2.24 bits per heavy atom. The van der Waals surface area contributed by atoms with E-state index in [0.29, 0.717) is 18.0 Å². The normalized spacial score (nSPS) is 20.1. The predicted molar refractivity (Wildman–Crippen MR) is 101 cm³/mol. The van der Waals surface area contributed by atoms with Crippen molar-refractivity contribution < 1.29 is 4.79 Å². The molecule has 2 heterocycles. The standard InChI is InChI=1S/C18H24N4O2.ClH/c1-12-4-3-5-15-17(12)20-11-22(18(15)24)9-7-16(23)21-14-6-8-19-13(2)10-14;/h3-5,11,13-14,19H,6-10H2,1-2H3,(H,21,23);1H. The summed E-state index contributed by atoms with van der Waals surface area (Å²) in [6, 6.07) is 6.23. The van der Waals surface area contributed by atoms with Gasteiger partial charge in [0.1, 0.15) is 0 Å². The number of aryl methyl sites for hydroxylation is 2. The minimum atomic E-state index is -0.0908. The highest BCUT2D eigenvalue weighted by Gasteiger charge is 2.19. The van der Waals surface area contributed by atoms with Crippen molar-refractivity contribution in [2.24, 2.45) is 0 Å². The fraction of sp³-hybridized carbons (Fsp3) is 0.500. The molecule has 0 bridgehead atoms. The number of halogens is 1. The number of nitrogens with one attached hydrogen (secondary N) is 2. The van der Waals surface area contributed by atoms with Crippen LogP contribution in [0.1, 0.15) is 31.7 Å². The van der Waals surface area contributed by atoms with Gasteiger partial charge in [0.2, 0.25) is 5.91 Å². The van der Waals surface area contributed by atoms with Gasteiger partial charge in [-0.25, -0.2) is 4.98 Å². The SMILES string of the molecule is Cc1cccc2c(=O)n(CCC(=O)NC3CCNC(C)C3)cnc12.Cl. The summed E-state index contributed by atoms with van der Waals surface area (Å²) < 4.78 is 1.52. The molecule has 1 aromatic heterocycles. The zero-order valence-electron chi connectivity index (χ0n) is 14.6. The van der Waals surface area contributed by atoms with Crippen molar-refractivity contribution in [1.29, 1.82) is 0 Å². The van der Waals surface area contributed by atoms with Gasteiger partial charge in [-0.05, 0) is 44.9 Å². The lowest BCUT2D eigenvalue weighted by atomic mass is 10.0. The van der Waals surface area contributed by atoms with E-state index in [-0.39, 0.29) is 36.3 Å². The molecule has 0 radical (unpaired) electrons. The smallest absolute Gasteiger partial charge is 0.261 e. The Morgan fingerprint density at radius 3 is 3.00 bits per heavy atom. The quantitative estimate of drug-likeness (QED) is 0.867. The average molecular weight is 365 g/mol. The third-order valence-electron chi connectivity index (χ3n) is 4.62. The second kappa shape index (κ2) is 8.45. The zero-order valence-corrected chi connectivity index (χ0v) is 15.4. The molecule has 1 fully saturated rings. The molecule has 2 atom stereocenters. The molecule has 3 rings (SSSR count). The van der Waals surface area contributed by atoms with Gasteiger partial charge in [0.05, 0.1) is 17.2 Å². The van der Waals surface area contributed by atoms with Gasteiger partial charge < -0.3 is 10.6 Å². The number of carbonyl (C=O) groups excluding carboxylic acids is 1. The Bertz CT molecular complexity index is 805. The fourth-order valence-corrected chi connectivity index (χ4v) is 3.28. The first-order valence-electron chi connectivity index (χ1n) is 8.52. The number of nitrogens with zero attached hydrogens (tertiary/aromatic N) is 2. The highest BCUT2D eigenvalue weighted by molar-refractivity contribution is 5.85. The summed E-state index contributed by atoms with van der Waals surface area (Å²) >= 11 is 0. The van der Waals surface area contributed by atoms with E-state index in [4.69, 9.17) is 0 Å². The molecule has 0 saturated carbocycles. The van der Waals surface area contributed by atoms with E-state index in [1.165, 1.54) is 10.9 Å². The maximum atomic E-state index is 12.5. The van der Waals surface area contributed by atoms with Crippen LogP contribution in [0.15, 0.2) is 29.3 Å². The monoisotopic (exact) mass is 364 g/mol. The largest absolute Gasteiger partial charge is 0.353 e. The summed E-state index contributed by atoms with van der Waals surface area (Å²) in [6.45, 7) is 5.34. The molecule has 2 N–H and O–H groups in total. The van der Waals surface area contributed by atoms with Gasteiger partial charge in [-0.1, -0.05) is 12.1 Å². The van der Waals surface area contributed by atoms with Gasteiger partial charge in [-0.15, -0.1) is 12.4 Å². The number of carbonyl (C=O) groups is 1. The van der Waals surface area contributed by atoms with E-state index in [2.05, 4.69) is 22.5 Å². The third-order valence-corrected chi connectivity index (χ3v) is 4.62. The summed E-state index contributed by atoms with van der Waals surface area (Å²) in [5, 5.41) is 7.04. The second-order valence-corrected chi connectivity index (χ2v) is 6.61. The number of amides is 1. The van der Waals surface area contributed by atoms with Crippen LogP contribution in [-0.4, -0.2) is 34.1 Å². The Balaban J connectivity index is 0.00000225. The summed E-state index contributed by atoms with van der Waals surface area (Å²) in [5.74, 6) is -0.00895. The van der Waals surface area contributed by atoms with Gasteiger partial charge in [0.15, 0.2) is 0 Å². The molecule has 1 saturated heterocycles. The molecule has 6 nitrogen and oxygen atoms in total. The van der Waals surface area contributed by atoms with Crippen molar-refractivity contribution in [3.63, 3.8) is 0 Å². The van der Waals surface area contributed by atoms with E-state index in [9.17, 15) is 9.59 Å². The van der Waals surface area contributed by atoms with E-state index < -0.39 is 0 Å². The van der Waals surface area contributed by atoms with Crippen molar-refractivity contribution in [2.45, 2.75) is 51.7 Å².